The van der Waals surface area contributed by atoms with Crippen molar-refractivity contribution >= 4 is 5.95 Å². The average molecular weight is 326 g/mol. The van der Waals surface area contributed by atoms with Crippen molar-refractivity contribution in [1.82, 2.24) is 15.3 Å². The van der Waals surface area contributed by atoms with E-state index in [9.17, 15) is 0 Å². The summed E-state index contributed by atoms with van der Waals surface area (Å²) in [7, 11) is 0. The Kier molecular flexibility index (Phi) is 5.43. The number of nitrogens with one attached hydrogen (secondary N) is 1. The van der Waals surface area contributed by atoms with E-state index in [0.717, 1.165) is 44.4 Å². The Morgan fingerprint density at radius 2 is 1.71 bits per heavy atom. The van der Waals surface area contributed by atoms with Gasteiger partial charge in [-0.05, 0) is 26.3 Å². The Labute approximate surface area is 144 Å². The topological polar surface area (TPSA) is 50.3 Å². The van der Waals surface area contributed by atoms with Gasteiger partial charge in [-0.2, -0.15) is 0 Å². The maximum atomic E-state index is 5.36. The highest BCUT2D eigenvalue weighted by Crippen LogP contribution is 2.17. The van der Waals surface area contributed by atoms with E-state index in [1.54, 1.807) is 0 Å². The van der Waals surface area contributed by atoms with E-state index < -0.39 is 0 Å². The molecule has 24 heavy (non-hydrogen) atoms. The summed E-state index contributed by atoms with van der Waals surface area (Å²) in [5, 5.41) is 3.56. The first-order chi connectivity index (χ1) is 11.6. The van der Waals surface area contributed by atoms with Crippen molar-refractivity contribution in [2.45, 2.75) is 33.4 Å². The zero-order valence-corrected chi connectivity index (χ0v) is 14.7. The van der Waals surface area contributed by atoms with Crippen LogP contribution in [0.15, 0.2) is 30.6 Å². The van der Waals surface area contributed by atoms with E-state index in [-0.39, 0.29) is 0 Å². The molecule has 0 saturated carbocycles. The quantitative estimate of drug-likeness (QED) is 0.915. The molecule has 0 spiro atoms. The van der Waals surface area contributed by atoms with Gasteiger partial charge < -0.3 is 15.0 Å². The molecule has 0 bridgehead atoms. The molecular formula is C19H26N4O. The Morgan fingerprint density at radius 3 is 2.33 bits per heavy atom. The number of hydrogen-bond donors (Lipinski definition) is 1. The van der Waals surface area contributed by atoms with E-state index in [1.807, 2.05) is 12.4 Å². The first-order valence-electron chi connectivity index (χ1n) is 8.57. The van der Waals surface area contributed by atoms with Gasteiger partial charge in [0.25, 0.3) is 0 Å². The van der Waals surface area contributed by atoms with Gasteiger partial charge in [0.05, 0.1) is 13.2 Å². The van der Waals surface area contributed by atoms with Crippen molar-refractivity contribution in [3.05, 3.63) is 52.8 Å². The van der Waals surface area contributed by atoms with Gasteiger partial charge in [0.15, 0.2) is 0 Å². The number of ether oxygens (including phenoxy) is 1. The van der Waals surface area contributed by atoms with Gasteiger partial charge in [-0.1, -0.05) is 29.3 Å². The standard InChI is InChI=1S/C19H26N4O/c1-14-8-15(2)10-18(9-14)16(3)20-11-17-12-21-19(22-13-17)23-4-6-24-7-5-23/h8-10,12-13,16,20H,4-7,11H2,1-3H3. The monoisotopic (exact) mass is 326 g/mol. The smallest absolute Gasteiger partial charge is 0.225 e. The highest BCUT2D eigenvalue weighted by Gasteiger charge is 2.13. The maximum absolute atomic E-state index is 5.36. The Balaban J connectivity index is 1.57. The molecule has 1 aromatic carbocycles. The number of morpholine rings is 1. The lowest BCUT2D eigenvalue weighted by molar-refractivity contribution is 0.122. The SMILES string of the molecule is Cc1cc(C)cc(C(C)NCc2cnc(N3CCOCC3)nc2)c1. The fraction of sp³-hybridized carbons (Fsp3) is 0.474. The van der Waals surface area contributed by atoms with Crippen molar-refractivity contribution < 1.29 is 4.74 Å². The van der Waals surface area contributed by atoms with Crippen LogP contribution in [-0.4, -0.2) is 36.3 Å². The molecule has 2 aromatic rings. The van der Waals surface area contributed by atoms with E-state index in [2.05, 4.69) is 59.2 Å². The summed E-state index contributed by atoms with van der Waals surface area (Å²) in [5.41, 5.74) is 5.02. The lowest BCUT2D eigenvalue weighted by Crippen LogP contribution is -2.37. The molecule has 1 atom stereocenters. The number of rotatable bonds is 5. The third-order valence-corrected chi connectivity index (χ3v) is 4.34. The van der Waals surface area contributed by atoms with Crippen LogP contribution < -0.4 is 10.2 Å². The molecule has 5 heteroatoms. The number of nitrogens with zero attached hydrogens (tertiary/aromatic N) is 3. The van der Waals surface area contributed by atoms with Gasteiger partial charge in [-0.15, -0.1) is 0 Å². The molecule has 128 valence electrons. The normalized spacial score (nSPS) is 16.2. The van der Waals surface area contributed by atoms with Gasteiger partial charge in [-0.3, -0.25) is 0 Å². The number of aromatic nitrogens is 2. The number of benzene rings is 1. The second-order valence-corrected chi connectivity index (χ2v) is 6.51. The lowest BCUT2D eigenvalue weighted by atomic mass is 10.0. The van der Waals surface area contributed by atoms with Crippen LogP contribution in [0.1, 0.15) is 35.2 Å². The molecule has 1 unspecified atom stereocenters. The molecule has 1 N–H and O–H groups in total. The minimum absolute atomic E-state index is 0.294. The van der Waals surface area contributed by atoms with Gasteiger partial charge in [0, 0.05) is 43.6 Å². The van der Waals surface area contributed by atoms with Crippen LogP contribution in [0.5, 0.6) is 0 Å². The van der Waals surface area contributed by atoms with E-state index in [0.29, 0.717) is 6.04 Å². The van der Waals surface area contributed by atoms with Crippen molar-refractivity contribution in [2.75, 3.05) is 31.2 Å². The summed E-state index contributed by atoms with van der Waals surface area (Å²) < 4.78 is 5.36. The molecule has 5 nitrogen and oxygen atoms in total. The van der Waals surface area contributed by atoms with Gasteiger partial charge in [0.1, 0.15) is 0 Å². The molecule has 0 radical (unpaired) electrons. The molecule has 0 aliphatic carbocycles. The molecule has 3 rings (SSSR count). The number of anilines is 1. The van der Waals surface area contributed by atoms with Crippen molar-refractivity contribution in [2.24, 2.45) is 0 Å². The second kappa shape index (κ2) is 7.73. The van der Waals surface area contributed by atoms with Crippen molar-refractivity contribution in [1.29, 1.82) is 0 Å². The summed E-state index contributed by atoms with van der Waals surface area (Å²) in [5.74, 6) is 0.796. The van der Waals surface area contributed by atoms with Crippen molar-refractivity contribution in [3.8, 4) is 0 Å². The third kappa shape index (κ3) is 4.30. The average Bonchev–Trinajstić information content (AvgIpc) is 2.60. The predicted molar refractivity (Wildman–Crippen MR) is 96.2 cm³/mol. The molecule has 1 aliphatic heterocycles. The van der Waals surface area contributed by atoms with Crippen LogP contribution in [0.2, 0.25) is 0 Å². The minimum Gasteiger partial charge on any atom is -0.378 e. The summed E-state index contributed by atoms with van der Waals surface area (Å²) >= 11 is 0. The third-order valence-electron chi connectivity index (χ3n) is 4.34. The predicted octanol–water partition coefficient (Wildman–Crippen LogP) is 2.78. The highest BCUT2D eigenvalue weighted by atomic mass is 16.5. The van der Waals surface area contributed by atoms with Crippen LogP contribution in [0.3, 0.4) is 0 Å². The van der Waals surface area contributed by atoms with Gasteiger partial charge >= 0.3 is 0 Å². The Hall–Kier alpha value is -1.98. The van der Waals surface area contributed by atoms with Crippen LogP contribution in [0, 0.1) is 13.8 Å². The molecule has 1 saturated heterocycles. The van der Waals surface area contributed by atoms with Gasteiger partial charge in [0.2, 0.25) is 5.95 Å². The molecule has 1 aliphatic rings. The van der Waals surface area contributed by atoms with E-state index in [4.69, 9.17) is 4.74 Å². The Bertz CT molecular complexity index is 645. The van der Waals surface area contributed by atoms with E-state index >= 15 is 0 Å². The molecule has 1 aromatic heterocycles. The van der Waals surface area contributed by atoms with E-state index in [1.165, 1.54) is 16.7 Å². The van der Waals surface area contributed by atoms with Crippen LogP contribution in [0.4, 0.5) is 5.95 Å². The molecule has 0 amide bonds. The number of hydrogen-bond acceptors (Lipinski definition) is 5. The Morgan fingerprint density at radius 1 is 1.08 bits per heavy atom. The van der Waals surface area contributed by atoms with Gasteiger partial charge in [-0.25, -0.2) is 9.97 Å². The molecule has 1 fully saturated rings. The minimum atomic E-state index is 0.294. The number of aryl methyl sites for hydroxylation is 2. The zero-order chi connectivity index (χ0) is 16.9. The summed E-state index contributed by atoms with van der Waals surface area (Å²) in [6.07, 6.45) is 3.83. The van der Waals surface area contributed by atoms with Crippen LogP contribution in [-0.2, 0) is 11.3 Å². The highest BCUT2D eigenvalue weighted by molar-refractivity contribution is 5.31. The molecular weight excluding hydrogens is 300 g/mol. The second-order valence-electron chi connectivity index (χ2n) is 6.51. The van der Waals surface area contributed by atoms with Crippen LogP contribution >= 0.6 is 0 Å². The summed E-state index contributed by atoms with van der Waals surface area (Å²) in [6, 6.07) is 6.97. The fourth-order valence-electron chi connectivity index (χ4n) is 3.01. The van der Waals surface area contributed by atoms with Crippen LogP contribution in [0.25, 0.3) is 0 Å². The first kappa shape index (κ1) is 16.9. The largest absolute Gasteiger partial charge is 0.378 e. The zero-order valence-electron chi connectivity index (χ0n) is 14.7. The lowest BCUT2D eigenvalue weighted by Gasteiger charge is -2.26. The summed E-state index contributed by atoms with van der Waals surface area (Å²) in [6.45, 7) is 10.5. The summed E-state index contributed by atoms with van der Waals surface area (Å²) in [4.78, 5) is 11.2. The first-order valence-corrected chi connectivity index (χ1v) is 8.57. The fourth-order valence-corrected chi connectivity index (χ4v) is 3.01. The van der Waals surface area contributed by atoms with Crippen molar-refractivity contribution in [3.63, 3.8) is 0 Å². The maximum Gasteiger partial charge on any atom is 0.225 e. The molecule has 2 heterocycles.